The van der Waals surface area contributed by atoms with Crippen LogP contribution in [-0.4, -0.2) is 41.5 Å². The molecular formula is C15H19N3O3. The molecule has 0 aromatic carbocycles. The van der Waals surface area contributed by atoms with E-state index in [4.69, 9.17) is 0 Å². The molecule has 1 heterocycles. The van der Waals surface area contributed by atoms with E-state index < -0.39 is 11.9 Å². The molecule has 0 aromatic rings. The van der Waals surface area contributed by atoms with E-state index >= 15 is 0 Å². The summed E-state index contributed by atoms with van der Waals surface area (Å²) >= 11 is 0. The van der Waals surface area contributed by atoms with Crippen molar-refractivity contribution in [2.45, 2.75) is 26.2 Å². The van der Waals surface area contributed by atoms with Gasteiger partial charge in [0.05, 0.1) is 11.6 Å². The quantitative estimate of drug-likeness (QED) is 0.751. The van der Waals surface area contributed by atoms with Crippen LogP contribution in [0.5, 0.6) is 0 Å². The van der Waals surface area contributed by atoms with Gasteiger partial charge < -0.3 is 5.32 Å². The third-order valence-electron chi connectivity index (χ3n) is 3.40. The molecule has 1 atom stereocenters. The average Bonchev–Trinajstić information content (AvgIpc) is 2.47. The van der Waals surface area contributed by atoms with Gasteiger partial charge in [0.25, 0.3) is 0 Å². The maximum absolute atomic E-state index is 12.3. The maximum atomic E-state index is 12.3. The number of fused-ring (bicyclic) bond motifs is 1. The van der Waals surface area contributed by atoms with Crippen LogP contribution in [0.15, 0.2) is 29.3 Å². The highest BCUT2D eigenvalue weighted by molar-refractivity contribution is 6.21. The van der Waals surface area contributed by atoms with Crippen LogP contribution >= 0.6 is 0 Å². The minimum absolute atomic E-state index is 0.0699. The fourth-order valence-electron chi connectivity index (χ4n) is 2.19. The van der Waals surface area contributed by atoms with E-state index in [1.807, 2.05) is 6.92 Å². The monoisotopic (exact) mass is 289 g/mol. The van der Waals surface area contributed by atoms with Crippen LogP contribution in [0.4, 0.5) is 4.79 Å². The highest BCUT2D eigenvalue weighted by Gasteiger charge is 2.35. The van der Waals surface area contributed by atoms with Gasteiger partial charge in [0.1, 0.15) is 0 Å². The van der Waals surface area contributed by atoms with Gasteiger partial charge in [0.15, 0.2) is 0 Å². The molecule has 0 spiro atoms. The van der Waals surface area contributed by atoms with Crippen LogP contribution in [0.2, 0.25) is 0 Å². The summed E-state index contributed by atoms with van der Waals surface area (Å²) in [5.41, 5.74) is 0.469. The molecule has 6 nitrogen and oxygen atoms in total. The summed E-state index contributed by atoms with van der Waals surface area (Å²) in [4.78, 5) is 40.7. The van der Waals surface area contributed by atoms with E-state index in [1.165, 1.54) is 0 Å². The zero-order chi connectivity index (χ0) is 15.2. The number of hydrogen-bond donors (Lipinski definition) is 1. The highest BCUT2D eigenvalue weighted by Crippen LogP contribution is 2.19. The second-order valence-corrected chi connectivity index (χ2v) is 4.98. The van der Waals surface area contributed by atoms with Crippen LogP contribution in [0.3, 0.4) is 0 Å². The van der Waals surface area contributed by atoms with Crippen molar-refractivity contribution in [1.82, 2.24) is 10.2 Å². The van der Waals surface area contributed by atoms with Crippen molar-refractivity contribution in [2.75, 3.05) is 13.1 Å². The van der Waals surface area contributed by atoms with Crippen molar-refractivity contribution < 1.29 is 14.4 Å². The van der Waals surface area contributed by atoms with Gasteiger partial charge in [-0.25, -0.2) is 4.79 Å². The summed E-state index contributed by atoms with van der Waals surface area (Å²) in [5.74, 6) is -0.972. The van der Waals surface area contributed by atoms with Gasteiger partial charge in [-0.3, -0.25) is 14.5 Å². The molecule has 6 heteroatoms. The fraction of sp³-hybridized carbons (Fsp3) is 0.467. The number of rotatable bonds is 6. The zero-order valence-corrected chi connectivity index (χ0v) is 12.0. The van der Waals surface area contributed by atoms with Crippen LogP contribution in [-0.2, 0) is 9.59 Å². The largest absolute Gasteiger partial charge is 0.356 e. The molecule has 0 bridgehead atoms. The summed E-state index contributed by atoms with van der Waals surface area (Å²) < 4.78 is 0. The number of urea groups is 1. The molecule has 2 rings (SSSR count). The number of unbranched alkanes of at least 4 members (excludes halogenated alkanes) is 1. The van der Waals surface area contributed by atoms with Gasteiger partial charge in [0.2, 0.25) is 11.8 Å². The third-order valence-corrected chi connectivity index (χ3v) is 3.40. The number of carbonyl (C=O) groups is 3. The van der Waals surface area contributed by atoms with Crippen LogP contribution in [0, 0.1) is 5.92 Å². The van der Waals surface area contributed by atoms with Crippen molar-refractivity contribution in [3.8, 4) is 0 Å². The Morgan fingerprint density at radius 2 is 2.19 bits per heavy atom. The second-order valence-electron chi connectivity index (χ2n) is 4.98. The molecule has 0 aromatic heterocycles. The van der Waals surface area contributed by atoms with E-state index in [-0.39, 0.29) is 24.8 Å². The Kier molecular flexibility index (Phi) is 5.03. The smallest absolute Gasteiger partial charge is 0.350 e. The van der Waals surface area contributed by atoms with Gasteiger partial charge in [-0.05, 0) is 12.5 Å². The lowest BCUT2D eigenvalue weighted by molar-refractivity contribution is -0.130. The SMILES string of the molecule is CCCCNC(=O)CCN1C(=O)N=C2C=CC=CC2C1=O. The molecule has 1 unspecified atom stereocenters. The maximum Gasteiger partial charge on any atom is 0.350 e. The topological polar surface area (TPSA) is 78.8 Å². The third kappa shape index (κ3) is 3.65. The predicted octanol–water partition coefficient (Wildman–Crippen LogP) is 1.44. The van der Waals surface area contributed by atoms with Crippen LogP contribution in [0.25, 0.3) is 0 Å². The molecule has 1 aliphatic heterocycles. The minimum Gasteiger partial charge on any atom is -0.356 e. The lowest BCUT2D eigenvalue weighted by Crippen LogP contribution is -2.47. The fourth-order valence-corrected chi connectivity index (χ4v) is 2.19. The van der Waals surface area contributed by atoms with E-state index in [0.29, 0.717) is 12.3 Å². The molecular weight excluding hydrogens is 270 g/mol. The number of amides is 4. The minimum atomic E-state index is -0.590. The molecule has 4 amide bonds. The lowest BCUT2D eigenvalue weighted by Gasteiger charge is -2.28. The number of nitrogens with one attached hydrogen (secondary N) is 1. The predicted molar refractivity (Wildman–Crippen MR) is 78.8 cm³/mol. The van der Waals surface area contributed by atoms with Gasteiger partial charge in [-0.1, -0.05) is 31.6 Å². The number of nitrogens with zero attached hydrogens (tertiary/aromatic N) is 2. The summed E-state index contributed by atoms with van der Waals surface area (Å²) in [7, 11) is 0. The molecule has 0 saturated carbocycles. The number of aliphatic imine (C=N–C) groups is 1. The Morgan fingerprint density at radius 1 is 1.38 bits per heavy atom. The molecule has 1 aliphatic carbocycles. The Bertz CT molecular complexity index is 534. The van der Waals surface area contributed by atoms with Crippen molar-refractivity contribution in [1.29, 1.82) is 0 Å². The number of imide groups is 1. The van der Waals surface area contributed by atoms with Crippen molar-refractivity contribution in [3.63, 3.8) is 0 Å². The van der Waals surface area contributed by atoms with Crippen LogP contribution in [0.1, 0.15) is 26.2 Å². The summed E-state index contributed by atoms with van der Waals surface area (Å²) in [6, 6.07) is -0.590. The Morgan fingerprint density at radius 3 is 2.95 bits per heavy atom. The Hall–Kier alpha value is -2.24. The van der Waals surface area contributed by atoms with Gasteiger partial charge in [0, 0.05) is 19.5 Å². The summed E-state index contributed by atoms with van der Waals surface area (Å²) in [5, 5.41) is 2.76. The van der Waals surface area contributed by atoms with Crippen molar-refractivity contribution >= 4 is 23.6 Å². The zero-order valence-electron chi connectivity index (χ0n) is 12.0. The second kappa shape index (κ2) is 6.97. The first kappa shape index (κ1) is 15.2. The molecule has 1 N–H and O–H groups in total. The van der Waals surface area contributed by atoms with E-state index in [0.717, 1.165) is 17.7 Å². The van der Waals surface area contributed by atoms with E-state index in [1.54, 1.807) is 24.3 Å². The summed E-state index contributed by atoms with van der Waals surface area (Å²) in [6.07, 6.45) is 8.90. The van der Waals surface area contributed by atoms with E-state index in [2.05, 4.69) is 10.3 Å². The molecule has 0 saturated heterocycles. The van der Waals surface area contributed by atoms with Gasteiger partial charge in [-0.2, -0.15) is 4.99 Å². The standard InChI is InChI=1S/C15H19N3O3/c1-2-3-9-16-13(19)8-10-18-14(20)11-6-4-5-7-12(11)17-15(18)21/h4-7,11H,2-3,8-10H2,1H3,(H,16,19). The number of carbonyl (C=O) groups excluding carboxylic acids is 3. The normalized spacial score (nSPS) is 20.3. The molecule has 21 heavy (non-hydrogen) atoms. The lowest BCUT2D eigenvalue weighted by atomic mass is 9.95. The van der Waals surface area contributed by atoms with Crippen LogP contribution < -0.4 is 5.32 Å². The van der Waals surface area contributed by atoms with E-state index in [9.17, 15) is 14.4 Å². The van der Waals surface area contributed by atoms with Gasteiger partial charge in [-0.15, -0.1) is 0 Å². The first-order chi connectivity index (χ1) is 10.1. The van der Waals surface area contributed by atoms with Crippen molar-refractivity contribution in [3.05, 3.63) is 24.3 Å². The number of hydrogen-bond acceptors (Lipinski definition) is 3. The number of allylic oxidation sites excluding steroid dienone is 3. The van der Waals surface area contributed by atoms with Crippen molar-refractivity contribution in [2.24, 2.45) is 10.9 Å². The molecule has 0 fully saturated rings. The Balaban J connectivity index is 1.92. The molecule has 0 radical (unpaired) electrons. The summed E-state index contributed by atoms with van der Waals surface area (Å²) in [6.45, 7) is 2.73. The molecule has 2 aliphatic rings. The highest BCUT2D eigenvalue weighted by atomic mass is 16.2. The average molecular weight is 289 g/mol. The first-order valence-corrected chi connectivity index (χ1v) is 7.19. The Labute approximate surface area is 123 Å². The first-order valence-electron chi connectivity index (χ1n) is 7.19. The molecule has 112 valence electrons. The van der Waals surface area contributed by atoms with Gasteiger partial charge >= 0.3 is 6.03 Å².